The first-order valence-electron chi connectivity index (χ1n) is 6.84. The van der Waals surface area contributed by atoms with Crippen LogP contribution in [0.25, 0.3) is 0 Å². The van der Waals surface area contributed by atoms with Gasteiger partial charge in [0.05, 0.1) is 0 Å². The minimum absolute atomic E-state index is 0.0630. The molecule has 3 unspecified atom stereocenters. The second-order valence-corrected chi connectivity index (χ2v) is 7.10. The summed E-state index contributed by atoms with van der Waals surface area (Å²) in [6.45, 7) is 5.65. The molecular formula is C13H18F4O4S. The van der Waals surface area contributed by atoms with Crippen molar-refractivity contribution in [1.82, 2.24) is 0 Å². The van der Waals surface area contributed by atoms with Crippen molar-refractivity contribution in [3.8, 4) is 0 Å². The van der Waals surface area contributed by atoms with Gasteiger partial charge in [-0.3, -0.25) is 0 Å². The van der Waals surface area contributed by atoms with Gasteiger partial charge in [0.2, 0.25) is 0 Å². The van der Waals surface area contributed by atoms with E-state index in [0.717, 1.165) is 6.42 Å². The summed E-state index contributed by atoms with van der Waals surface area (Å²) in [5.74, 6) is -6.41. The molecule has 0 aliphatic heterocycles. The summed E-state index contributed by atoms with van der Waals surface area (Å²) < 4.78 is 60.3. The summed E-state index contributed by atoms with van der Waals surface area (Å²) in [6, 6.07) is 0. The van der Waals surface area contributed by atoms with E-state index >= 15 is 0 Å². The van der Waals surface area contributed by atoms with Gasteiger partial charge in [0.1, 0.15) is 5.60 Å². The Balaban J connectivity index is 2.11. The Kier molecular flexibility index (Phi) is 4.24. The smallest absolute Gasteiger partial charge is 0.455 e. The molecule has 3 aliphatic rings. The number of fused-ring (bicyclic) bond motifs is 2. The molecule has 0 saturated heterocycles. The third kappa shape index (κ3) is 2.71. The summed E-state index contributed by atoms with van der Waals surface area (Å²) in [6.07, 6.45) is -3.92. The Bertz CT molecular complexity index is 453. The van der Waals surface area contributed by atoms with Crippen LogP contribution in [0.5, 0.6) is 0 Å². The molecule has 3 saturated carbocycles. The van der Waals surface area contributed by atoms with Crippen molar-refractivity contribution in [1.29, 1.82) is 0 Å². The standard InChI is InChI=1S/C13H18F4O4S/c1-10(2)7-4-8(10)6-11(3,5-7)19-9(18)12(14,20-21-22)13(15,16)17/h7-8,22H,4-6H2,1-3H3. The van der Waals surface area contributed by atoms with Crippen LogP contribution in [-0.2, 0) is 18.8 Å². The third-order valence-corrected chi connectivity index (χ3v) is 5.22. The molecule has 0 heterocycles. The Morgan fingerprint density at radius 2 is 1.64 bits per heavy atom. The van der Waals surface area contributed by atoms with E-state index in [2.05, 4.69) is 36.0 Å². The average molecular weight is 346 g/mol. The first-order chi connectivity index (χ1) is 9.86. The van der Waals surface area contributed by atoms with Crippen LogP contribution >= 0.6 is 12.9 Å². The molecule has 0 spiro atoms. The largest absolute Gasteiger partial charge is 0.463 e. The van der Waals surface area contributed by atoms with Gasteiger partial charge in [0, 0.05) is 12.9 Å². The van der Waals surface area contributed by atoms with Gasteiger partial charge < -0.3 is 4.74 Å². The molecule has 3 rings (SSSR count). The van der Waals surface area contributed by atoms with Crippen molar-refractivity contribution in [2.75, 3.05) is 0 Å². The lowest BCUT2D eigenvalue weighted by Crippen LogP contribution is -2.59. The number of halogens is 4. The van der Waals surface area contributed by atoms with E-state index in [1.165, 1.54) is 6.92 Å². The van der Waals surface area contributed by atoms with Crippen LogP contribution in [-0.4, -0.2) is 23.6 Å². The summed E-state index contributed by atoms with van der Waals surface area (Å²) >= 11 is 2.90. The number of hydrogen-bond acceptors (Lipinski definition) is 5. The van der Waals surface area contributed by atoms with E-state index in [9.17, 15) is 22.4 Å². The topological polar surface area (TPSA) is 44.8 Å². The van der Waals surface area contributed by atoms with Crippen LogP contribution in [0, 0.1) is 17.3 Å². The SMILES string of the molecule is CC1(OC(=O)C(F)(OOS)C(F)(F)F)CC2CC(C1)C2(C)C. The van der Waals surface area contributed by atoms with Crippen LogP contribution in [0.15, 0.2) is 0 Å². The summed E-state index contributed by atoms with van der Waals surface area (Å²) in [4.78, 5) is 15.1. The van der Waals surface area contributed by atoms with Crippen LogP contribution in [0.3, 0.4) is 0 Å². The highest BCUT2D eigenvalue weighted by atomic mass is 32.1. The first-order valence-corrected chi connectivity index (χ1v) is 7.20. The van der Waals surface area contributed by atoms with Crippen LogP contribution in [0.1, 0.15) is 40.0 Å². The second-order valence-electron chi connectivity index (χ2n) is 6.95. The molecule has 0 amide bonds. The zero-order valence-corrected chi connectivity index (χ0v) is 13.3. The minimum Gasteiger partial charge on any atom is -0.455 e. The van der Waals surface area contributed by atoms with Gasteiger partial charge in [-0.05, 0) is 43.4 Å². The van der Waals surface area contributed by atoms with E-state index in [1.54, 1.807) is 0 Å². The van der Waals surface area contributed by atoms with E-state index in [0.29, 0.717) is 12.8 Å². The van der Waals surface area contributed by atoms with Gasteiger partial charge in [-0.25, -0.2) is 4.79 Å². The van der Waals surface area contributed by atoms with Crippen molar-refractivity contribution < 1.29 is 36.3 Å². The molecule has 0 aromatic rings. The normalized spacial score (nSPS) is 36.2. The number of carbonyl (C=O) groups excluding carboxylic acids is 1. The lowest BCUT2D eigenvalue weighted by atomic mass is 9.46. The lowest BCUT2D eigenvalue weighted by Gasteiger charge is -2.61. The molecule has 128 valence electrons. The average Bonchev–Trinajstić information content (AvgIpc) is 2.36. The Hall–Kier alpha value is -0.540. The van der Waals surface area contributed by atoms with Gasteiger partial charge in [0.25, 0.3) is 0 Å². The fourth-order valence-corrected chi connectivity index (χ4v) is 3.67. The fourth-order valence-electron chi connectivity index (χ4n) is 3.56. The predicted octanol–water partition coefficient (Wildman–Crippen LogP) is 3.77. The van der Waals surface area contributed by atoms with Gasteiger partial charge in [0.15, 0.2) is 0 Å². The molecular weight excluding hydrogens is 328 g/mol. The van der Waals surface area contributed by atoms with Crippen molar-refractivity contribution in [3.05, 3.63) is 0 Å². The Labute approximate surface area is 131 Å². The maximum Gasteiger partial charge on any atom is 0.463 e. The highest BCUT2D eigenvalue weighted by Crippen LogP contribution is 2.62. The molecule has 3 aliphatic carbocycles. The Morgan fingerprint density at radius 3 is 2.00 bits per heavy atom. The number of thiol groups is 1. The van der Waals surface area contributed by atoms with Gasteiger partial charge in [-0.15, -0.1) is 0 Å². The zero-order chi connectivity index (χ0) is 17.0. The van der Waals surface area contributed by atoms with Crippen LogP contribution in [0.2, 0.25) is 0 Å². The van der Waals surface area contributed by atoms with Crippen molar-refractivity contribution in [2.24, 2.45) is 17.3 Å². The maximum absolute atomic E-state index is 13.9. The molecule has 2 bridgehead atoms. The highest BCUT2D eigenvalue weighted by Gasteiger charge is 2.68. The number of alkyl halides is 4. The number of esters is 1. The molecule has 4 nitrogen and oxygen atoms in total. The molecule has 3 atom stereocenters. The fraction of sp³-hybridized carbons (Fsp3) is 0.923. The van der Waals surface area contributed by atoms with Crippen molar-refractivity contribution >= 4 is 18.9 Å². The number of hydrogen-bond donors (Lipinski definition) is 1. The van der Waals surface area contributed by atoms with Gasteiger partial charge in [-0.1, -0.05) is 13.8 Å². The quantitative estimate of drug-likeness (QED) is 0.210. The molecule has 22 heavy (non-hydrogen) atoms. The Morgan fingerprint density at radius 1 is 1.14 bits per heavy atom. The molecule has 0 radical (unpaired) electrons. The monoisotopic (exact) mass is 346 g/mol. The number of ether oxygens (including phenoxy) is 1. The summed E-state index contributed by atoms with van der Waals surface area (Å²) in [7, 11) is 0. The molecule has 0 aromatic carbocycles. The van der Waals surface area contributed by atoms with Crippen molar-refractivity contribution in [3.63, 3.8) is 0 Å². The minimum atomic E-state index is -5.64. The highest BCUT2D eigenvalue weighted by molar-refractivity contribution is 7.74. The summed E-state index contributed by atoms with van der Waals surface area (Å²) in [5.41, 5.74) is -1.09. The second kappa shape index (κ2) is 5.24. The lowest BCUT2D eigenvalue weighted by molar-refractivity contribution is -0.409. The van der Waals surface area contributed by atoms with Crippen molar-refractivity contribution in [2.45, 2.75) is 57.7 Å². The molecule has 9 heteroatoms. The van der Waals surface area contributed by atoms with E-state index in [1.807, 2.05) is 0 Å². The molecule has 0 N–H and O–H groups in total. The van der Waals surface area contributed by atoms with Crippen LogP contribution < -0.4 is 0 Å². The predicted molar refractivity (Wildman–Crippen MR) is 70.2 cm³/mol. The molecule has 0 aromatic heterocycles. The van der Waals surface area contributed by atoms with Gasteiger partial charge >= 0.3 is 18.0 Å². The number of carbonyl (C=O) groups is 1. The van der Waals surface area contributed by atoms with Gasteiger partial charge in [-0.2, -0.15) is 26.8 Å². The maximum atomic E-state index is 13.9. The van der Waals surface area contributed by atoms with Crippen LogP contribution in [0.4, 0.5) is 17.6 Å². The third-order valence-electron chi connectivity index (χ3n) is 5.15. The van der Waals surface area contributed by atoms with E-state index in [-0.39, 0.29) is 17.3 Å². The first kappa shape index (κ1) is 17.8. The molecule has 3 fully saturated rings. The zero-order valence-electron chi connectivity index (χ0n) is 12.4. The van der Waals surface area contributed by atoms with E-state index in [4.69, 9.17) is 4.74 Å². The number of rotatable bonds is 4. The summed E-state index contributed by atoms with van der Waals surface area (Å²) in [5, 5.41) is 0. The van der Waals surface area contributed by atoms with E-state index < -0.39 is 23.6 Å².